The first kappa shape index (κ1) is 24.2. The largest absolute Gasteiger partial charge is 0.417 e. The molecule has 1 amide bonds. The third-order valence-corrected chi connectivity index (χ3v) is 7.72. The Morgan fingerprint density at radius 1 is 1.12 bits per heavy atom. The van der Waals surface area contributed by atoms with Gasteiger partial charge in [-0.1, -0.05) is 12.1 Å². The molecule has 0 aliphatic carbocycles. The first-order valence-corrected chi connectivity index (χ1v) is 11.5. The molecule has 1 saturated heterocycles. The van der Waals surface area contributed by atoms with Crippen molar-refractivity contribution in [2.75, 3.05) is 31.5 Å². The molecule has 1 aliphatic rings. The normalized spacial score (nSPS) is 17.3. The number of rotatable bonds is 5. The van der Waals surface area contributed by atoms with Crippen LogP contribution in [0.25, 0.3) is 0 Å². The van der Waals surface area contributed by atoms with Crippen LogP contribution < -0.4 is 5.32 Å². The van der Waals surface area contributed by atoms with Gasteiger partial charge in [0, 0.05) is 33.2 Å². The summed E-state index contributed by atoms with van der Waals surface area (Å²) in [6.07, 6.45) is -4.78. The Morgan fingerprint density at radius 3 is 2.25 bits per heavy atom. The number of anilines is 1. The van der Waals surface area contributed by atoms with Crippen molar-refractivity contribution >= 4 is 21.6 Å². The quantitative estimate of drug-likeness (QED) is 0.721. The van der Waals surface area contributed by atoms with Crippen LogP contribution in [0.4, 0.5) is 18.9 Å². The molecule has 1 fully saturated rings. The van der Waals surface area contributed by atoms with Crippen molar-refractivity contribution in [3.63, 3.8) is 0 Å². The summed E-state index contributed by atoms with van der Waals surface area (Å²) >= 11 is 0. The maximum absolute atomic E-state index is 13.3. The number of aromatic nitrogens is 2. The Morgan fingerprint density at radius 2 is 1.72 bits per heavy atom. The minimum atomic E-state index is -4.78. The van der Waals surface area contributed by atoms with E-state index in [9.17, 15) is 26.4 Å². The summed E-state index contributed by atoms with van der Waals surface area (Å²) in [5.41, 5.74) is 0.943. The predicted octanol–water partition coefficient (Wildman–Crippen LogP) is 2.39. The molecule has 0 spiro atoms. The summed E-state index contributed by atoms with van der Waals surface area (Å²) in [6, 6.07) is 3.61. The molecule has 8 nitrogen and oxygen atoms in total. The molecular weight excluding hydrogens is 447 g/mol. The zero-order chi connectivity index (χ0) is 23.8. The predicted molar refractivity (Wildman–Crippen MR) is 113 cm³/mol. The number of aryl methyl sites for hydroxylation is 2. The molecule has 2 heterocycles. The van der Waals surface area contributed by atoms with E-state index < -0.39 is 32.7 Å². The number of benzene rings is 1. The SMILES string of the molecule is Cc1nn(C)c(C)c1NC(=O)[C@H](C)N1CCN(S(=O)(=O)c2ccccc2C(F)(F)F)CC1. The summed E-state index contributed by atoms with van der Waals surface area (Å²) in [7, 11) is -2.55. The van der Waals surface area contributed by atoms with Crippen molar-refractivity contribution in [1.29, 1.82) is 0 Å². The number of nitrogens with zero attached hydrogens (tertiary/aromatic N) is 4. The number of hydrogen-bond acceptors (Lipinski definition) is 5. The van der Waals surface area contributed by atoms with Gasteiger partial charge in [-0.15, -0.1) is 0 Å². The van der Waals surface area contributed by atoms with Gasteiger partial charge >= 0.3 is 6.18 Å². The van der Waals surface area contributed by atoms with Gasteiger partial charge in [-0.3, -0.25) is 14.4 Å². The van der Waals surface area contributed by atoms with E-state index >= 15 is 0 Å². The van der Waals surface area contributed by atoms with Gasteiger partial charge in [0.1, 0.15) is 0 Å². The zero-order valence-corrected chi connectivity index (χ0v) is 19.1. The first-order chi connectivity index (χ1) is 14.8. The van der Waals surface area contributed by atoms with Crippen LogP contribution in [0.5, 0.6) is 0 Å². The van der Waals surface area contributed by atoms with E-state index in [-0.39, 0.29) is 32.1 Å². The van der Waals surface area contributed by atoms with E-state index in [1.807, 2.05) is 6.92 Å². The van der Waals surface area contributed by atoms with E-state index in [0.717, 1.165) is 28.2 Å². The molecule has 2 aromatic rings. The lowest BCUT2D eigenvalue weighted by Gasteiger charge is -2.37. The summed E-state index contributed by atoms with van der Waals surface area (Å²) in [4.78, 5) is 13.8. The fourth-order valence-corrected chi connectivity index (χ4v) is 5.38. The van der Waals surface area contributed by atoms with Crippen LogP contribution in [0.2, 0.25) is 0 Å². The number of nitrogens with one attached hydrogen (secondary N) is 1. The fourth-order valence-electron chi connectivity index (χ4n) is 3.74. The van der Waals surface area contributed by atoms with Gasteiger partial charge in [-0.05, 0) is 32.9 Å². The minimum absolute atomic E-state index is 0.0168. The number of alkyl halides is 3. The van der Waals surface area contributed by atoms with Crippen molar-refractivity contribution < 1.29 is 26.4 Å². The molecule has 32 heavy (non-hydrogen) atoms. The highest BCUT2D eigenvalue weighted by atomic mass is 32.2. The first-order valence-electron chi connectivity index (χ1n) is 10.1. The molecule has 1 atom stereocenters. The highest BCUT2D eigenvalue weighted by Crippen LogP contribution is 2.35. The van der Waals surface area contributed by atoms with Gasteiger partial charge in [0.15, 0.2) is 0 Å². The van der Waals surface area contributed by atoms with Crippen molar-refractivity contribution in [1.82, 2.24) is 19.0 Å². The second kappa shape index (κ2) is 8.83. The van der Waals surface area contributed by atoms with Crippen molar-refractivity contribution in [2.45, 2.75) is 37.9 Å². The van der Waals surface area contributed by atoms with E-state index in [4.69, 9.17) is 0 Å². The average molecular weight is 474 g/mol. The molecule has 176 valence electrons. The monoisotopic (exact) mass is 473 g/mol. The fraction of sp³-hybridized carbons (Fsp3) is 0.500. The highest BCUT2D eigenvalue weighted by molar-refractivity contribution is 7.89. The Kier molecular flexibility index (Phi) is 6.68. The molecule has 0 saturated carbocycles. The maximum atomic E-state index is 13.3. The summed E-state index contributed by atoms with van der Waals surface area (Å²) in [5.74, 6) is -0.261. The molecular formula is C20H26F3N5O3S. The van der Waals surface area contributed by atoms with E-state index in [0.29, 0.717) is 11.4 Å². The van der Waals surface area contributed by atoms with Crippen LogP contribution in [0, 0.1) is 13.8 Å². The number of halogens is 3. The molecule has 12 heteroatoms. The number of amides is 1. The van der Waals surface area contributed by atoms with Gasteiger partial charge in [-0.25, -0.2) is 8.42 Å². The molecule has 1 aromatic carbocycles. The smallest absolute Gasteiger partial charge is 0.322 e. The van der Waals surface area contributed by atoms with E-state index in [1.54, 1.807) is 30.5 Å². The Hall–Kier alpha value is -2.44. The van der Waals surface area contributed by atoms with Crippen molar-refractivity contribution in [2.24, 2.45) is 7.05 Å². The van der Waals surface area contributed by atoms with Crippen LogP contribution in [0.3, 0.4) is 0 Å². The third-order valence-electron chi connectivity index (χ3n) is 5.77. The van der Waals surface area contributed by atoms with E-state index in [2.05, 4.69) is 10.4 Å². The standard InChI is InChI=1S/C20H26F3N5O3S/c1-13-18(14(2)26(4)25-13)24-19(29)15(3)27-9-11-28(12-10-27)32(30,31)17-8-6-5-7-16(17)20(21,22)23/h5-8,15H,9-12H2,1-4H3,(H,24,29)/t15-/m0/s1. The van der Waals surface area contributed by atoms with Crippen molar-refractivity contribution in [3.05, 3.63) is 41.2 Å². The number of carbonyl (C=O) groups excluding carboxylic acids is 1. The van der Waals surface area contributed by atoms with Crippen molar-refractivity contribution in [3.8, 4) is 0 Å². The molecule has 0 radical (unpaired) electrons. The number of piperazine rings is 1. The van der Waals surface area contributed by atoms with Crippen LogP contribution >= 0.6 is 0 Å². The van der Waals surface area contributed by atoms with Gasteiger partial charge in [0.25, 0.3) is 0 Å². The van der Waals surface area contributed by atoms with Crippen LogP contribution in [-0.4, -0.2) is 65.5 Å². The number of hydrogen-bond donors (Lipinski definition) is 1. The van der Waals surface area contributed by atoms with Crippen LogP contribution in [0.15, 0.2) is 29.2 Å². The Balaban J connectivity index is 1.69. The van der Waals surface area contributed by atoms with Crippen LogP contribution in [-0.2, 0) is 28.0 Å². The topological polar surface area (TPSA) is 87.5 Å². The summed E-state index contributed by atoms with van der Waals surface area (Å²) in [6.45, 7) is 5.73. The second-order valence-corrected chi connectivity index (χ2v) is 9.67. The molecule has 1 aliphatic heterocycles. The third kappa shape index (κ3) is 4.66. The van der Waals surface area contributed by atoms with Gasteiger partial charge in [0.05, 0.1) is 33.6 Å². The van der Waals surface area contributed by atoms with E-state index in [1.165, 1.54) is 6.07 Å². The molecule has 1 N–H and O–H groups in total. The van der Waals surface area contributed by atoms with Gasteiger partial charge in [0.2, 0.25) is 15.9 Å². The van der Waals surface area contributed by atoms with Gasteiger partial charge < -0.3 is 5.32 Å². The average Bonchev–Trinajstić information content (AvgIpc) is 2.98. The van der Waals surface area contributed by atoms with Crippen LogP contribution in [0.1, 0.15) is 23.9 Å². The molecule has 0 bridgehead atoms. The summed E-state index contributed by atoms with van der Waals surface area (Å²) in [5, 5.41) is 7.13. The molecule has 1 aromatic heterocycles. The lowest BCUT2D eigenvalue weighted by atomic mass is 10.2. The highest BCUT2D eigenvalue weighted by Gasteiger charge is 2.40. The number of carbonyl (C=O) groups is 1. The summed E-state index contributed by atoms with van der Waals surface area (Å²) < 4.78 is 68.4. The Labute approximate surface area is 185 Å². The zero-order valence-electron chi connectivity index (χ0n) is 18.3. The lowest BCUT2D eigenvalue weighted by Crippen LogP contribution is -2.54. The minimum Gasteiger partial charge on any atom is -0.322 e. The second-order valence-electron chi connectivity index (χ2n) is 7.77. The van der Waals surface area contributed by atoms with Gasteiger partial charge in [-0.2, -0.15) is 22.6 Å². The molecule has 3 rings (SSSR count). The Bertz CT molecular complexity index is 1110. The maximum Gasteiger partial charge on any atom is 0.417 e. The lowest BCUT2D eigenvalue weighted by molar-refractivity contribution is -0.140. The number of sulfonamides is 1. The molecule has 0 unspecified atom stereocenters.